The lowest BCUT2D eigenvalue weighted by molar-refractivity contribution is 0.414. The van der Waals surface area contributed by atoms with Gasteiger partial charge in [0.2, 0.25) is 0 Å². The quantitative estimate of drug-likeness (QED) is 0.746. The van der Waals surface area contributed by atoms with Gasteiger partial charge in [-0.15, -0.1) is 12.3 Å². The Balaban J connectivity index is 2.47. The van der Waals surface area contributed by atoms with Crippen LogP contribution in [-0.4, -0.2) is 12.1 Å². The SMILES string of the molecule is C#CCc1cc(OC)cc(-c2ccncc2)c1. The molecule has 1 heterocycles. The topological polar surface area (TPSA) is 22.1 Å². The van der Waals surface area contributed by atoms with Crippen LogP contribution < -0.4 is 4.74 Å². The molecule has 0 saturated heterocycles. The van der Waals surface area contributed by atoms with Crippen LogP contribution in [0.15, 0.2) is 42.7 Å². The summed E-state index contributed by atoms with van der Waals surface area (Å²) in [6.45, 7) is 0. The van der Waals surface area contributed by atoms with Crippen LogP contribution in [0.2, 0.25) is 0 Å². The van der Waals surface area contributed by atoms with Crippen molar-refractivity contribution in [3.05, 3.63) is 48.3 Å². The number of nitrogens with zero attached hydrogens (tertiary/aromatic N) is 1. The molecule has 0 amide bonds. The van der Waals surface area contributed by atoms with E-state index in [0.29, 0.717) is 6.42 Å². The maximum absolute atomic E-state index is 5.34. The summed E-state index contributed by atoms with van der Waals surface area (Å²) in [7, 11) is 1.66. The predicted octanol–water partition coefficient (Wildman–Crippen LogP) is 2.93. The maximum Gasteiger partial charge on any atom is 0.119 e. The maximum atomic E-state index is 5.34. The number of pyridine rings is 1. The van der Waals surface area contributed by atoms with Crippen LogP contribution in [-0.2, 0) is 6.42 Å². The van der Waals surface area contributed by atoms with Crippen molar-refractivity contribution in [1.82, 2.24) is 4.98 Å². The van der Waals surface area contributed by atoms with Crippen molar-refractivity contribution >= 4 is 0 Å². The largest absolute Gasteiger partial charge is 0.497 e. The summed E-state index contributed by atoms with van der Waals surface area (Å²) in [5.74, 6) is 3.47. The Hall–Kier alpha value is -2.27. The number of hydrogen-bond acceptors (Lipinski definition) is 2. The fraction of sp³-hybridized carbons (Fsp3) is 0.133. The number of rotatable bonds is 3. The molecule has 2 heteroatoms. The summed E-state index contributed by atoms with van der Waals surface area (Å²) in [4.78, 5) is 4.01. The van der Waals surface area contributed by atoms with Crippen molar-refractivity contribution in [1.29, 1.82) is 0 Å². The number of ether oxygens (including phenoxy) is 1. The van der Waals surface area contributed by atoms with Crippen LogP contribution in [0.5, 0.6) is 5.75 Å². The molecule has 0 bridgehead atoms. The van der Waals surface area contributed by atoms with Gasteiger partial charge in [-0.2, -0.15) is 0 Å². The molecule has 0 saturated carbocycles. The second-order valence-electron chi connectivity index (χ2n) is 3.69. The smallest absolute Gasteiger partial charge is 0.119 e. The van der Waals surface area contributed by atoms with E-state index < -0.39 is 0 Å². The van der Waals surface area contributed by atoms with Gasteiger partial charge in [0.05, 0.1) is 7.11 Å². The first-order chi connectivity index (χ1) is 8.33. The minimum Gasteiger partial charge on any atom is -0.497 e. The molecule has 0 N–H and O–H groups in total. The van der Waals surface area contributed by atoms with E-state index in [1.807, 2.05) is 24.3 Å². The monoisotopic (exact) mass is 223 g/mol. The molecule has 2 aromatic rings. The highest BCUT2D eigenvalue weighted by Crippen LogP contribution is 2.25. The molecule has 0 aliphatic rings. The van der Waals surface area contributed by atoms with Gasteiger partial charge in [-0.25, -0.2) is 0 Å². The van der Waals surface area contributed by atoms with Crippen LogP contribution in [0, 0.1) is 12.3 Å². The molecule has 0 aliphatic carbocycles. The van der Waals surface area contributed by atoms with Gasteiger partial charge in [0.1, 0.15) is 5.75 Å². The normalized spacial score (nSPS) is 9.65. The molecule has 17 heavy (non-hydrogen) atoms. The summed E-state index contributed by atoms with van der Waals surface area (Å²) in [5, 5.41) is 0. The molecular weight excluding hydrogens is 210 g/mol. The van der Waals surface area contributed by atoms with Crippen LogP contribution >= 0.6 is 0 Å². The number of hydrogen-bond donors (Lipinski definition) is 0. The molecule has 0 spiro atoms. The van der Waals surface area contributed by atoms with E-state index in [4.69, 9.17) is 11.2 Å². The highest BCUT2D eigenvalue weighted by atomic mass is 16.5. The third-order valence-electron chi connectivity index (χ3n) is 2.52. The lowest BCUT2D eigenvalue weighted by Crippen LogP contribution is -1.89. The summed E-state index contributed by atoms with van der Waals surface area (Å²) < 4.78 is 5.28. The minimum absolute atomic E-state index is 0.606. The fourth-order valence-electron chi connectivity index (χ4n) is 1.71. The summed E-state index contributed by atoms with van der Waals surface area (Å²) in [6.07, 6.45) is 9.49. The van der Waals surface area contributed by atoms with E-state index in [9.17, 15) is 0 Å². The van der Waals surface area contributed by atoms with Gasteiger partial charge in [-0.3, -0.25) is 4.98 Å². The van der Waals surface area contributed by atoms with E-state index in [1.54, 1.807) is 19.5 Å². The fourth-order valence-corrected chi connectivity index (χ4v) is 1.71. The van der Waals surface area contributed by atoms with E-state index in [2.05, 4.69) is 17.0 Å². The van der Waals surface area contributed by atoms with E-state index >= 15 is 0 Å². The van der Waals surface area contributed by atoms with Gasteiger partial charge < -0.3 is 4.74 Å². The second kappa shape index (κ2) is 5.18. The highest BCUT2D eigenvalue weighted by Gasteiger charge is 2.03. The Kier molecular flexibility index (Phi) is 3.42. The Morgan fingerprint density at radius 2 is 1.94 bits per heavy atom. The lowest BCUT2D eigenvalue weighted by atomic mass is 10.0. The van der Waals surface area contributed by atoms with Crippen molar-refractivity contribution in [2.45, 2.75) is 6.42 Å². The summed E-state index contributed by atoms with van der Waals surface area (Å²) in [6, 6.07) is 9.97. The van der Waals surface area contributed by atoms with Gasteiger partial charge in [-0.05, 0) is 47.0 Å². The van der Waals surface area contributed by atoms with Gasteiger partial charge in [0.25, 0.3) is 0 Å². The van der Waals surface area contributed by atoms with Crippen LogP contribution in [0.25, 0.3) is 11.1 Å². The zero-order valence-corrected chi connectivity index (χ0v) is 9.68. The van der Waals surface area contributed by atoms with Gasteiger partial charge >= 0.3 is 0 Å². The number of terminal acetylenes is 1. The minimum atomic E-state index is 0.606. The Labute approximate surface area is 101 Å². The Morgan fingerprint density at radius 3 is 2.59 bits per heavy atom. The number of aromatic nitrogens is 1. The zero-order chi connectivity index (χ0) is 12.1. The van der Waals surface area contributed by atoms with Gasteiger partial charge in [0, 0.05) is 18.8 Å². The average molecular weight is 223 g/mol. The van der Waals surface area contributed by atoms with Crippen molar-refractivity contribution in [3.63, 3.8) is 0 Å². The molecule has 2 nitrogen and oxygen atoms in total. The average Bonchev–Trinajstić information content (AvgIpc) is 2.40. The molecule has 84 valence electrons. The van der Waals surface area contributed by atoms with E-state index in [1.165, 1.54) is 0 Å². The molecule has 0 aliphatic heterocycles. The molecule has 0 fully saturated rings. The van der Waals surface area contributed by atoms with Gasteiger partial charge in [0.15, 0.2) is 0 Å². The lowest BCUT2D eigenvalue weighted by Gasteiger charge is -2.07. The Bertz CT molecular complexity index is 541. The second-order valence-corrected chi connectivity index (χ2v) is 3.69. The molecule has 2 rings (SSSR count). The first kappa shape index (κ1) is 11.2. The number of benzene rings is 1. The molecule has 0 unspecified atom stereocenters. The van der Waals surface area contributed by atoms with E-state index in [-0.39, 0.29) is 0 Å². The molecule has 0 radical (unpaired) electrons. The molecule has 1 aromatic carbocycles. The van der Waals surface area contributed by atoms with Crippen molar-refractivity contribution < 1.29 is 4.74 Å². The molecule has 0 atom stereocenters. The third-order valence-corrected chi connectivity index (χ3v) is 2.52. The molecular formula is C15H13NO. The van der Waals surface area contributed by atoms with Crippen molar-refractivity contribution in [3.8, 4) is 29.2 Å². The standard InChI is InChI=1S/C15H13NO/c1-3-4-12-9-14(11-15(10-12)17-2)13-5-7-16-8-6-13/h1,5-11H,4H2,2H3. The first-order valence-corrected chi connectivity index (χ1v) is 5.35. The summed E-state index contributed by atoms with van der Waals surface area (Å²) >= 11 is 0. The van der Waals surface area contributed by atoms with Crippen LogP contribution in [0.4, 0.5) is 0 Å². The predicted molar refractivity (Wildman–Crippen MR) is 68.8 cm³/mol. The number of methoxy groups -OCH3 is 1. The molecule has 1 aromatic heterocycles. The summed E-state index contributed by atoms with van der Waals surface area (Å²) in [5.41, 5.74) is 3.29. The third kappa shape index (κ3) is 2.64. The van der Waals surface area contributed by atoms with E-state index in [0.717, 1.165) is 22.4 Å². The Morgan fingerprint density at radius 1 is 1.18 bits per heavy atom. The zero-order valence-electron chi connectivity index (χ0n) is 9.68. The van der Waals surface area contributed by atoms with Crippen LogP contribution in [0.3, 0.4) is 0 Å². The first-order valence-electron chi connectivity index (χ1n) is 5.35. The van der Waals surface area contributed by atoms with Crippen molar-refractivity contribution in [2.75, 3.05) is 7.11 Å². The van der Waals surface area contributed by atoms with Gasteiger partial charge in [-0.1, -0.05) is 0 Å². The van der Waals surface area contributed by atoms with Crippen molar-refractivity contribution in [2.24, 2.45) is 0 Å². The highest BCUT2D eigenvalue weighted by molar-refractivity contribution is 5.65. The van der Waals surface area contributed by atoms with Crippen LogP contribution in [0.1, 0.15) is 5.56 Å².